The van der Waals surface area contributed by atoms with Crippen LogP contribution >= 0.6 is 11.8 Å². The standard InChI is InChI=1S/C21H25N3O4S2/c1-23(2)15-22-30(26,27)19-14-16(21(25)28-3)13-18(24-11-7-8-12-24)20(19)29-17-9-5-4-6-10-17/h4-6,9-10,13-15H,7-8,11-12H2,1-3H3. The van der Waals surface area contributed by atoms with Gasteiger partial charge in [-0.15, -0.1) is 4.40 Å². The average molecular weight is 448 g/mol. The summed E-state index contributed by atoms with van der Waals surface area (Å²) in [6.07, 6.45) is 3.27. The van der Waals surface area contributed by atoms with E-state index in [4.69, 9.17) is 4.74 Å². The monoisotopic (exact) mass is 447 g/mol. The van der Waals surface area contributed by atoms with Crippen LogP contribution in [-0.2, 0) is 14.8 Å². The number of sulfonamides is 1. The lowest BCUT2D eigenvalue weighted by Crippen LogP contribution is -2.20. The number of ether oxygens (including phenoxy) is 1. The van der Waals surface area contributed by atoms with E-state index >= 15 is 0 Å². The van der Waals surface area contributed by atoms with E-state index in [1.165, 1.54) is 31.3 Å². The SMILES string of the molecule is COC(=O)c1cc(N2CCCC2)c(Sc2ccccc2)c(S(=O)(=O)N=CN(C)C)c1. The molecule has 0 unspecified atom stereocenters. The lowest BCUT2D eigenvalue weighted by Gasteiger charge is -2.23. The molecule has 0 spiro atoms. The van der Waals surface area contributed by atoms with Crippen LogP contribution in [0, 0.1) is 0 Å². The Kier molecular flexibility index (Phi) is 7.04. The molecular weight excluding hydrogens is 422 g/mol. The molecule has 0 saturated carbocycles. The number of carbonyl (C=O) groups excluding carboxylic acids is 1. The number of carbonyl (C=O) groups is 1. The summed E-state index contributed by atoms with van der Waals surface area (Å²) in [5.41, 5.74) is 0.901. The normalized spacial score (nSPS) is 14.3. The Hall–Kier alpha value is -2.52. The molecule has 160 valence electrons. The van der Waals surface area contributed by atoms with Crippen LogP contribution in [0.1, 0.15) is 23.2 Å². The van der Waals surface area contributed by atoms with Crippen LogP contribution < -0.4 is 4.90 Å². The van der Waals surface area contributed by atoms with Gasteiger partial charge in [-0.2, -0.15) is 8.42 Å². The number of rotatable bonds is 7. The zero-order valence-corrected chi connectivity index (χ0v) is 18.9. The molecule has 3 rings (SSSR count). The molecule has 0 atom stereocenters. The van der Waals surface area contributed by atoms with Crippen molar-refractivity contribution in [1.82, 2.24) is 4.90 Å². The first kappa shape index (κ1) is 22.2. The van der Waals surface area contributed by atoms with Crippen molar-refractivity contribution in [3.63, 3.8) is 0 Å². The summed E-state index contributed by atoms with van der Waals surface area (Å²) >= 11 is 1.36. The van der Waals surface area contributed by atoms with Gasteiger partial charge in [-0.05, 0) is 37.1 Å². The molecule has 1 aliphatic heterocycles. The number of esters is 1. The second-order valence-corrected chi connectivity index (χ2v) is 9.77. The van der Waals surface area contributed by atoms with E-state index < -0.39 is 16.0 Å². The highest BCUT2D eigenvalue weighted by Gasteiger charge is 2.28. The van der Waals surface area contributed by atoms with Crippen molar-refractivity contribution in [2.24, 2.45) is 4.40 Å². The Morgan fingerprint density at radius 2 is 1.83 bits per heavy atom. The molecule has 1 saturated heterocycles. The predicted molar refractivity (Wildman–Crippen MR) is 119 cm³/mol. The zero-order chi connectivity index (χ0) is 21.7. The summed E-state index contributed by atoms with van der Waals surface area (Å²) in [5, 5.41) is 0. The van der Waals surface area contributed by atoms with Crippen LogP contribution in [0.4, 0.5) is 5.69 Å². The Bertz CT molecular complexity index is 1030. The summed E-state index contributed by atoms with van der Waals surface area (Å²) in [4.78, 5) is 17.4. The summed E-state index contributed by atoms with van der Waals surface area (Å²) < 4.78 is 35.0. The number of hydrogen-bond donors (Lipinski definition) is 0. The molecule has 2 aromatic rings. The number of anilines is 1. The summed E-state index contributed by atoms with van der Waals surface area (Å²) in [6.45, 7) is 1.60. The third-order valence-corrected chi connectivity index (χ3v) is 7.08. The van der Waals surface area contributed by atoms with Crippen LogP contribution in [-0.4, -0.2) is 59.9 Å². The van der Waals surface area contributed by atoms with E-state index in [0.717, 1.165) is 30.8 Å². The van der Waals surface area contributed by atoms with Gasteiger partial charge in [0, 0.05) is 32.1 Å². The van der Waals surface area contributed by atoms with Gasteiger partial charge in [0.15, 0.2) is 0 Å². The minimum atomic E-state index is -4.05. The minimum Gasteiger partial charge on any atom is -0.465 e. The van der Waals surface area contributed by atoms with Crippen molar-refractivity contribution in [3.05, 3.63) is 48.0 Å². The number of methoxy groups -OCH3 is 1. The van der Waals surface area contributed by atoms with Gasteiger partial charge in [-0.3, -0.25) is 0 Å². The van der Waals surface area contributed by atoms with E-state index in [0.29, 0.717) is 10.6 Å². The second kappa shape index (κ2) is 9.53. The first-order chi connectivity index (χ1) is 14.3. The Morgan fingerprint density at radius 1 is 1.17 bits per heavy atom. The molecule has 9 heteroatoms. The third kappa shape index (κ3) is 5.14. The van der Waals surface area contributed by atoms with E-state index in [2.05, 4.69) is 9.30 Å². The van der Waals surface area contributed by atoms with Crippen molar-refractivity contribution in [2.45, 2.75) is 27.5 Å². The maximum absolute atomic E-state index is 13.2. The molecule has 0 aromatic heterocycles. The smallest absolute Gasteiger partial charge is 0.337 e. The van der Waals surface area contributed by atoms with Gasteiger partial charge in [0.2, 0.25) is 0 Å². The Labute approximate surface area is 181 Å². The summed E-state index contributed by atoms with van der Waals surface area (Å²) in [5.74, 6) is -0.584. The predicted octanol–water partition coefficient (Wildman–Crippen LogP) is 3.50. The highest BCUT2D eigenvalue weighted by Crippen LogP contribution is 2.42. The number of nitrogens with zero attached hydrogens (tertiary/aromatic N) is 3. The first-order valence-corrected chi connectivity index (χ1v) is 11.8. The van der Waals surface area contributed by atoms with Gasteiger partial charge in [0.1, 0.15) is 11.2 Å². The van der Waals surface area contributed by atoms with Gasteiger partial charge < -0.3 is 14.5 Å². The molecule has 0 radical (unpaired) electrons. The molecule has 0 amide bonds. The van der Waals surface area contributed by atoms with E-state index in [-0.39, 0.29) is 10.5 Å². The highest BCUT2D eigenvalue weighted by atomic mass is 32.2. The van der Waals surface area contributed by atoms with Gasteiger partial charge in [0.05, 0.1) is 23.3 Å². The minimum absolute atomic E-state index is 0.000692. The lowest BCUT2D eigenvalue weighted by molar-refractivity contribution is 0.0600. The second-order valence-electron chi connectivity index (χ2n) is 7.08. The number of benzene rings is 2. The van der Waals surface area contributed by atoms with E-state index in [1.54, 1.807) is 25.1 Å². The fourth-order valence-corrected chi connectivity index (χ4v) is 5.59. The number of hydrogen-bond acceptors (Lipinski definition) is 6. The van der Waals surface area contributed by atoms with Crippen LogP contribution in [0.15, 0.2) is 61.5 Å². The van der Waals surface area contributed by atoms with Crippen molar-refractivity contribution in [3.8, 4) is 0 Å². The quantitative estimate of drug-likeness (QED) is 0.365. The van der Waals surface area contributed by atoms with Crippen LogP contribution in [0.5, 0.6) is 0 Å². The van der Waals surface area contributed by atoms with E-state index in [9.17, 15) is 13.2 Å². The van der Waals surface area contributed by atoms with Crippen LogP contribution in [0.2, 0.25) is 0 Å². The summed E-state index contributed by atoms with van der Waals surface area (Å²) in [6, 6.07) is 12.6. The fraction of sp³-hybridized carbons (Fsp3) is 0.333. The Balaban J connectivity index is 2.24. The van der Waals surface area contributed by atoms with Gasteiger partial charge in [0.25, 0.3) is 10.0 Å². The Morgan fingerprint density at radius 3 is 2.43 bits per heavy atom. The molecule has 2 aromatic carbocycles. The maximum atomic E-state index is 13.2. The van der Waals surface area contributed by atoms with Gasteiger partial charge in [-0.1, -0.05) is 30.0 Å². The topological polar surface area (TPSA) is 79.3 Å². The molecule has 0 N–H and O–H groups in total. The van der Waals surface area contributed by atoms with Gasteiger partial charge in [-0.25, -0.2) is 4.79 Å². The molecule has 30 heavy (non-hydrogen) atoms. The fourth-order valence-electron chi connectivity index (χ4n) is 3.13. The molecule has 1 fully saturated rings. The van der Waals surface area contributed by atoms with Crippen molar-refractivity contribution < 1.29 is 17.9 Å². The molecular formula is C21H25N3O4S2. The van der Waals surface area contributed by atoms with Crippen molar-refractivity contribution in [1.29, 1.82) is 0 Å². The van der Waals surface area contributed by atoms with Crippen LogP contribution in [0.25, 0.3) is 0 Å². The molecule has 1 aliphatic rings. The van der Waals surface area contributed by atoms with E-state index in [1.807, 2.05) is 30.3 Å². The molecule has 0 aliphatic carbocycles. The van der Waals surface area contributed by atoms with Crippen molar-refractivity contribution in [2.75, 3.05) is 39.2 Å². The lowest BCUT2D eigenvalue weighted by atomic mass is 10.2. The van der Waals surface area contributed by atoms with Crippen molar-refractivity contribution >= 4 is 39.8 Å². The average Bonchev–Trinajstić information content (AvgIpc) is 3.27. The molecule has 0 bridgehead atoms. The third-order valence-electron chi connectivity index (χ3n) is 4.56. The maximum Gasteiger partial charge on any atom is 0.337 e. The highest BCUT2D eigenvalue weighted by molar-refractivity contribution is 8.00. The zero-order valence-electron chi connectivity index (χ0n) is 17.2. The van der Waals surface area contributed by atoms with Crippen LogP contribution in [0.3, 0.4) is 0 Å². The molecule has 1 heterocycles. The van der Waals surface area contributed by atoms with Gasteiger partial charge >= 0.3 is 5.97 Å². The largest absolute Gasteiger partial charge is 0.465 e. The first-order valence-electron chi connectivity index (χ1n) is 9.53. The summed E-state index contributed by atoms with van der Waals surface area (Å²) in [7, 11) is 0.618. The molecule has 7 nitrogen and oxygen atoms in total.